The summed E-state index contributed by atoms with van der Waals surface area (Å²) in [5.41, 5.74) is 6.55. The summed E-state index contributed by atoms with van der Waals surface area (Å²) in [6.07, 6.45) is 2.45. The van der Waals surface area contributed by atoms with Crippen molar-refractivity contribution in [1.82, 2.24) is 0 Å². The van der Waals surface area contributed by atoms with E-state index in [9.17, 15) is 9.59 Å². The lowest BCUT2D eigenvalue weighted by Gasteiger charge is -2.15. The lowest BCUT2D eigenvalue weighted by atomic mass is 10.2. The number of imide groups is 1. The van der Waals surface area contributed by atoms with Gasteiger partial charge >= 0.3 is 0 Å². The molecular formula is C11H10N2O3. The Labute approximate surface area is 92.1 Å². The van der Waals surface area contributed by atoms with Crippen LogP contribution >= 0.6 is 0 Å². The molecule has 0 saturated heterocycles. The Morgan fingerprint density at radius 3 is 2.38 bits per heavy atom. The molecular weight excluding hydrogens is 208 g/mol. The monoisotopic (exact) mass is 218 g/mol. The number of carbonyl (C=O) groups excluding carboxylic acids is 2. The number of nitrogen functional groups attached to an aromatic ring is 1. The van der Waals surface area contributed by atoms with Crippen LogP contribution in [0.1, 0.15) is 0 Å². The summed E-state index contributed by atoms with van der Waals surface area (Å²) in [5.74, 6) is -0.293. The molecule has 0 unspecified atom stereocenters. The van der Waals surface area contributed by atoms with Crippen LogP contribution in [0.15, 0.2) is 30.4 Å². The highest BCUT2D eigenvalue weighted by Crippen LogP contribution is 2.28. The molecule has 5 heteroatoms. The SMILES string of the molecule is COc1cc(N2C(=O)C=CC2=O)ccc1N. The van der Waals surface area contributed by atoms with E-state index < -0.39 is 0 Å². The van der Waals surface area contributed by atoms with Gasteiger partial charge in [0.15, 0.2) is 0 Å². The molecule has 5 nitrogen and oxygen atoms in total. The Balaban J connectivity index is 2.42. The van der Waals surface area contributed by atoms with Gasteiger partial charge in [-0.05, 0) is 12.1 Å². The molecule has 0 aromatic heterocycles. The number of methoxy groups -OCH3 is 1. The number of hydrogen-bond donors (Lipinski definition) is 1. The number of nitrogens with zero attached hydrogens (tertiary/aromatic N) is 1. The molecule has 82 valence electrons. The molecule has 0 saturated carbocycles. The van der Waals surface area contributed by atoms with Gasteiger partial charge in [0.25, 0.3) is 11.8 Å². The normalized spacial score (nSPS) is 14.7. The summed E-state index contributed by atoms with van der Waals surface area (Å²) in [7, 11) is 1.47. The maximum absolute atomic E-state index is 11.4. The molecule has 2 rings (SSSR count). The lowest BCUT2D eigenvalue weighted by molar-refractivity contribution is -0.119. The quantitative estimate of drug-likeness (QED) is 0.586. The van der Waals surface area contributed by atoms with E-state index in [1.54, 1.807) is 18.2 Å². The van der Waals surface area contributed by atoms with Crippen molar-refractivity contribution in [2.24, 2.45) is 0 Å². The molecule has 0 atom stereocenters. The fraction of sp³-hybridized carbons (Fsp3) is 0.0909. The van der Waals surface area contributed by atoms with E-state index in [4.69, 9.17) is 10.5 Å². The van der Waals surface area contributed by atoms with Gasteiger partial charge in [-0.3, -0.25) is 9.59 Å². The van der Waals surface area contributed by atoms with Crippen molar-refractivity contribution >= 4 is 23.2 Å². The predicted molar refractivity (Wildman–Crippen MR) is 59.0 cm³/mol. The molecule has 0 bridgehead atoms. The first kappa shape index (κ1) is 10.2. The van der Waals surface area contributed by atoms with Crippen LogP contribution in [0.5, 0.6) is 5.75 Å². The van der Waals surface area contributed by atoms with Gasteiger partial charge in [-0.25, -0.2) is 4.90 Å². The maximum Gasteiger partial charge on any atom is 0.258 e. The molecule has 2 N–H and O–H groups in total. The second-order valence-corrected chi connectivity index (χ2v) is 3.27. The smallest absolute Gasteiger partial charge is 0.258 e. The van der Waals surface area contributed by atoms with Crippen LogP contribution < -0.4 is 15.4 Å². The predicted octanol–water partition coefficient (Wildman–Crippen LogP) is 0.707. The Bertz CT molecular complexity index is 476. The summed E-state index contributed by atoms with van der Waals surface area (Å²) in [6, 6.07) is 4.74. The highest BCUT2D eigenvalue weighted by atomic mass is 16.5. The average molecular weight is 218 g/mol. The third-order valence-electron chi connectivity index (χ3n) is 2.28. The van der Waals surface area contributed by atoms with Crippen LogP contribution in [0.2, 0.25) is 0 Å². The number of hydrogen-bond acceptors (Lipinski definition) is 4. The van der Waals surface area contributed by atoms with E-state index in [2.05, 4.69) is 0 Å². The molecule has 1 aromatic carbocycles. The van der Waals surface area contributed by atoms with Crippen LogP contribution in [0.4, 0.5) is 11.4 Å². The first-order chi connectivity index (χ1) is 7.63. The number of benzene rings is 1. The molecule has 0 spiro atoms. The minimum Gasteiger partial charge on any atom is -0.495 e. The molecule has 0 aliphatic carbocycles. The van der Waals surface area contributed by atoms with Gasteiger partial charge in [-0.1, -0.05) is 0 Å². The maximum atomic E-state index is 11.4. The van der Waals surface area contributed by atoms with Crippen molar-refractivity contribution < 1.29 is 14.3 Å². The van der Waals surface area contributed by atoms with Gasteiger partial charge in [-0.2, -0.15) is 0 Å². The van der Waals surface area contributed by atoms with E-state index in [1.165, 1.54) is 19.3 Å². The summed E-state index contributed by atoms with van der Waals surface area (Å²) < 4.78 is 5.02. The molecule has 0 fully saturated rings. The molecule has 0 radical (unpaired) electrons. The number of carbonyl (C=O) groups is 2. The number of ether oxygens (including phenoxy) is 1. The highest BCUT2D eigenvalue weighted by molar-refractivity contribution is 6.28. The Kier molecular flexibility index (Phi) is 2.36. The Morgan fingerprint density at radius 2 is 1.81 bits per heavy atom. The van der Waals surface area contributed by atoms with E-state index in [-0.39, 0.29) is 11.8 Å². The molecule has 1 aliphatic rings. The largest absolute Gasteiger partial charge is 0.495 e. The van der Waals surface area contributed by atoms with Crippen molar-refractivity contribution in [1.29, 1.82) is 0 Å². The minimum atomic E-state index is -0.364. The summed E-state index contributed by atoms with van der Waals surface area (Å²) >= 11 is 0. The standard InChI is InChI=1S/C11H10N2O3/c1-16-9-6-7(2-3-8(9)12)13-10(14)4-5-11(13)15/h2-6H,12H2,1H3. The van der Waals surface area contributed by atoms with Crippen molar-refractivity contribution in [2.45, 2.75) is 0 Å². The van der Waals surface area contributed by atoms with Crippen molar-refractivity contribution in [3.63, 3.8) is 0 Å². The molecule has 1 aromatic rings. The zero-order valence-corrected chi connectivity index (χ0v) is 8.64. The first-order valence-electron chi connectivity index (χ1n) is 4.63. The average Bonchev–Trinajstić information content (AvgIpc) is 2.60. The fourth-order valence-electron chi connectivity index (χ4n) is 1.49. The number of rotatable bonds is 2. The summed E-state index contributed by atoms with van der Waals surface area (Å²) in [4.78, 5) is 23.9. The second-order valence-electron chi connectivity index (χ2n) is 3.27. The van der Waals surface area contributed by atoms with Gasteiger partial charge < -0.3 is 10.5 Å². The highest BCUT2D eigenvalue weighted by Gasteiger charge is 2.25. The van der Waals surface area contributed by atoms with Gasteiger partial charge in [0.2, 0.25) is 0 Å². The van der Waals surface area contributed by atoms with E-state index >= 15 is 0 Å². The number of anilines is 2. The van der Waals surface area contributed by atoms with E-state index in [0.717, 1.165) is 4.90 Å². The van der Waals surface area contributed by atoms with Crippen LogP contribution in [-0.4, -0.2) is 18.9 Å². The van der Waals surface area contributed by atoms with Crippen LogP contribution in [0.3, 0.4) is 0 Å². The van der Waals surface area contributed by atoms with Crippen molar-refractivity contribution in [3.8, 4) is 5.75 Å². The molecule has 1 heterocycles. The lowest BCUT2D eigenvalue weighted by Crippen LogP contribution is -2.29. The zero-order chi connectivity index (χ0) is 11.7. The minimum absolute atomic E-state index is 0.364. The van der Waals surface area contributed by atoms with Crippen molar-refractivity contribution in [3.05, 3.63) is 30.4 Å². The van der Waals surface area contributed by atoms with Crippen LogP contribution in [0, 0.1) is 0 Å². The van der Waals surface area contributed by atoms with Crippen molar-refractivity contribution in [2.75, 3.05) is 17.7 Å². The van der Waals surface area contributed by atoms with Crippen LogP contribution in [0.25, 0.3) is 0 Å². The number of nitrogens with two attached hydrogens (primary N) is 1. The summed E-state index contributed by atoms with van der Waals surface area (Å²) in [5, 5.41) is 0. The van der Waals surface area contributed by atoms with Gasteiger partial charge in [0.05, 0.1) is 18.5 Å². The third kappa shape index (κ3) is 1.52. The van der Waals surface area contributed by atoms with Gasteiger partial charge in [0, 0.05) is 18.2 Å². The molecule has 16 heavy (non-hydrogen) atoms. The topological polar surface area (TPSA) is 72.6 Å². The molecule has 2 amide bonds. The molecule has 1 aliphatic heterocycles. The third-order valence-corrected chi connectivity index (χ3v) is 2.28. The van der Waals surface area contributed by atoms with E-state index in [1.807, 2.05) is 0 Å². The Hall–Kier alpha value is -2.30. The Morgan fingerprint density at radius 1 is 1.19 bits per heavy atom. The fourth-order valence-corrected chi connectivity index (χ4v) is 1.49. The second kappa shape index (κ2) is 3.69. The van der Waals surface area contributed by atoms with Gasteiger partial charge in [0.1, 0.15) is 5.75 Å². The zero-order valence-electron chi connectivity index (χ0n) is 8.64. The van der Waals surface area contributed by atoms with E-state index in [0.29, 0.717) is 17.1 Å². The first-order valence-corrected chi connectivity index (χ1v) is 4.63. The van der Waals surface area contributed by atoms with Crippen LogP contribution in [-0.2, 0) is 9.59 Å². The van der Waals surface area contributed by atoms with Gasteiger partial charge in [-0.15, -0.1) is 0 Å². The number of amides is 2. The summed E-state index contributed by atoms with van der Waals surface area (Å²) in [6.45, 7) is 0.